The maximum atomic E-state index is 10.5. The Morgan fingerprint density at radius 2 is 1.46 bits per heavy atom. The minimum Gasteiger partial charge on any atom is -0.744 e. The van der Waals surface area contributed by atoms with E-state index in [1.54, 1.807) is 12.1 Å². The zero-order chi connectivity index (χ0) is 20.6. The Kier molecular flexibility index (Phi) is 7.37. The van der Waals surface area contributed by atoms with E-state index in [9.17, 15) is 17.8 Å². The molecule has 0 radical (unpaired) electrons. The molecule has 0 N–H and O–H groups in total. The van der Waals surface area contributed by atoms with Crippen LogP contribution in [-0.2, 0) is 17.2 Å². The number of carbonyl (C=O) groups is 1. The maximum Gasteiger partial charge on any atom is 0.204 e. The first-order chi connectivity index (χ1) is 13.3. The fourth-order valence-corrected chi connectivity index (χ4v) is 2.75. The minimum absolute atomic E-state index is 0.178. The number of aldehydes is 1. The Morgan fingerprint density at radius 1 is 0.857 bits per heavy atom. The Balaban J connectivity index is 0.000000221. The molecule has 0 aliphatic carbocycles. The van der Waals surface area contributed by atoms with Gasteiger partial charge in [-0.15, -0.1) is 0 Å². The largest absolute Gasteiger partial charge is 0.744 e. The summed E-state index contributed by atoms with van der Waals surface area (Å²) in [6, 6.07) is 19.3. The molecule has 0 bridgehead atoms. The molecular formula is C22H21NO4S. The summed E-state index contributed by atoms with van der Waals surface area (Å²) in [5.41, 5.74) is 3.84. The highest BCUT2D eigenvalue weighted by Crippen LogP contribution is 2.08. The third-order valence-corrected chi connectivity index (χ3v) is 4.77. The summed E-state index contributed by atoms with van der Waals surface area (Å²) in [6.45, 7) is 1.82. The highest BCUT2D eigenvalue weighted by Gasteiger charge is 1.99. The molecule has 1 heterocycles. The second-order valence-electron chi connectivity index (χ2n) is 6.12. The molecule has 0 atom stereocenters. The quantitative estimate of drug-likeness (QED) is 0.385. The second kappa shape index (κ2) is 9.73. The lowest BCUT2D eigenvalue weighted by molar-refractivity contribution is -0.673. The van der Waals surface area contributed by atoms with Gasteiger partial charge in [0.05, 0.1) is 4.90 Å². The van der Waals surface area contributed by atoms with E-state index in [1.165, 1.54) is 12.1 Å². The Labute approximate surface area is 165 Å². The molecule has 0 aliphatic heterocycles. The predicted octanol–water partition coefficient (Wildman–Crippen LogP) is 3.39. The number of benzene rings is 2. The minimum atomic E-state index is -4.27. The van der Waals surface area contributed by atoms with E-state index in [0.717, 1.165) is 23.1 Å². The van der Waals surface area contributed by atoms with E-state index < -0.39 is 10.1 Å². The number of carbonyl (C=O) groups excluding carboxylic acids is 1. The van der Waals surface area contributed by atoms with Gasteiger partial charge in [0.15, 0.2) is 6.20 Å². The number of hydrogen-bond donors (Lipinski definition) is 0. The molecule has 144 valence electrons. The number of rotatable bonds is 4. The highest BCUT2D eigenvalue weighted by atomic mass is 32.2. The van der Waals surface area contributed by atoms with Gasteiger partial charge < -0.3 is 4.55 Å². The molecule has 0 spiro atoms. The van der Waals surface area contributed by atoms with E-state index in [-0.39, 0.29) is 4.90 Å². The van der Waals surface area contributed by atoms with Crippen molar-refractivity contribution >= 4 is 28.6 Å². The van der Waals surface area contributed by atoms with Gasteiger partial charge in [0, 0.05) is 23.8 Å². The van der Waals surface area contributed by atoms with Crippen LogP contribution in [0.5, 0.6) is 0 Å². The number of pyridine rings is 1. The van der Waals surface area contributed by atoms with Crippen molar-refractivity contribution in [1.82, 2.24) is 0 Å². The van der Waals surface area contributed by atoms with Crippen LogP contribution in [-0.4, -0.2) is 19.3 Å². The molecule has 0 unspecified atom stereocenters. The van der Waals surface area contributed by atoms with E-state index in [4.69, 9.17) is 0 Å². The second-order valence-corrected chi connectivity index (χ2v) is 7.50. The van der Waals surface area contributed by atoms with Crippen LogP contribution in [0.4, 0.5) is 0 Å². The Bertz CT molecular complexity index is 1050. The van der Waals surface area contributed by atoms with Gasteiger partial charge in [-0.1, -0.05) is 42.0 Å². The molecule has 3 rings (SSSR count). The van der Waals surface area contributed by atoms with E-state index >= 15 is 0 Å². The Hall–Kier alpha value is -3.09. The summed E-state index contributed by atoms with van der Waals surface area (Å²) in [6.07, 6.45) is 6.94. The topological polar surface area (TPSA) is 78.1 Å². The van der Waals surface area contributed by atoms with Crippen molar-refractivity contribution in [1.29, 1.82) is 0 Å². The lowest BCUT2D eigenvalue weighted by Crippen LogP contribution is -2.30. The lowest BCUT2D eigenvalue weighted by Gasteiger charge is -2.05. The van der Waals surface area contributed by atoms with Crippen LogP contribution in [0, 0.1) is 6.92 Å². The van der Waals surface area contributed by atoms with Crippen molar-refractivity contribution < 1.29 is 22.3 Å². The standard InChI is InChI=1S/C15H14NO.C7H8O3S/c1-16-11-3-2-4-15(16)10-9-13-5-7-14(12-17)8-6-13;1-6-2-4-7(5-3-6)11(8,9)10/h2-12H,1H3;2-5H,1H3,(H,8,9,10)/q+1;/p-1/b10-9+;. The van der Waals surface area contributed by atoms with Gasteiger partial charge in [0.1, 0.15) is 23.5 Å². The van der Waals surface area contributed by atoms with Gasteiger partial charge in [-0.2, -0.15) is 0 Å². The normalized spacial score (nSPS) is 11.0. The summed E-state index contributed by atoms with van der Waals surface area (Å²) in [5, 5.41) is 0. The fraction of sp³-hybridized carbons (Fsp3) is 0.0909. The first kappa shape index (κ1) is 21.2. The highest BCUT2D eigenvalue weighted by molar-refractivity contribution is 7.85. The van der Waals surface area contributed by atoms with Gasteiger partial charge in [-0.3, -0.25) is 4.79 Å². The third kappa shape index (κ3) is 6.57. The summed E-state index contributed by atoms with van der Waals surface area (Å²) >= 11 is 0. The first-order valence-electron chi connectivity index (χ1n) is 8.50. The first-order valence-corrected chi connectivity index (χ1v) is 9.91. The van der Waals surface area contributed by atoms with Crippen molar-refractivity contribution in [3.8, 4) is 0 Å². The van der Waals surface area contributed by atoms with Gasteiger partial charge in [0.25, 0.3) is 0 Å². The molecule has 0 saturated carbocycles. The van der Waals surface area contributed by atoms with Crippen molar-refractivity contribution in [3.05, 3.63) is 95.3 Å². The molecule has 1 aromatic heterocycles. The third-order valence-electron chi connectivity index (χ3n) is 3.92. The molecule has 0 fully saturated rings. The van der Waals surface area contributed by atoms with Crippen LogP contribution in [0.3, 0.4) is 0 Å². The van der Waals surface area contributed by atoms with Gasteiger partial charge in [0.2, 0.25) is 5.69 Å². The molecule has 3 aromatic rings. The predicted molar refractivity (Wildman–Crippen MR) is 108 cm³/mol. The summed E-state index contributed by atoms with van der Waals surface area (Å²) in [7, 11) is -2.26. The van der Waals surface area contributed by atoms with Crippen LogP contribution < -0.4 is 4.57 Å². The van der Waals surface area contributed by atoms with Crippen LogP contribution in [0.2, 0.25) is 0 Å². The number of nitrogens with zero attached hydrogens (tertiary/aromatic N) is 1. The van der Waals surface area contributed by atoms with Gasteiger partial charge in [-0.05, 0) is 36.8 Å². The molecular weight excluding hydrogens is 374 g/mol. The van der Waals surface area contributed by atoms with Crippen LogP contribution in [0.15, 0.2) is 77.8 Å². The van der Waals surface area contributed by atoms with Crippen molar-refractivity contribution in [2.45, 2.75) is 11.8 Å². The SMILES string of the molecule is C[n+]1ccccc1/C=C/c1ccc(C=O)cc1.Cc1ccc(S(=O)(=O)[O-])cc1. The zero-order valence-corrected chi connectivity index (χ0v) is 16.5. The molecule has 0 amide bonds. The number of aromatic nitrogens is 1. The van der Waals surface area contributed by atoms with E-state index in [2.05, 4.69) is 16.7 Å². The van der Waals surface area contributed by atoms with Gasteiger partial charge >= 0.3 is 0 Å². The number of hydrogen-bond acceptors (Lipinski definition) is 4. The summed E-state index contributed by atoms with van der Waals surface area (Å²) in [4.78, 5) is 10.3. The fourth-order valence-electron chi connectivity index (χ4n) is 2.28. The average Bonchev–Trinajstić information content (AvgIpc) is 2.68. The van der Waals surface area contributed by atoms with Crippen LogP contribution in [0.25, 0.3) is 12.2 Å². The van der Waals surface area contributed by atoms with E-state index in [0.29, 0.717) is 5.56 Å². The van der Waals surface area contributed by atoms with Gasteiger partial charge in [-0.25, -0.2) is 13.0 Å². The molecule has 6 heteroatoms. The van der Waals surface area contributed by atoms with Crippen LogP contribution in [0.1, 0.15) is 27.2 Å². The monoisotopic (exact) mass is 395 g/mol. The smallest absolute Gasteiger partial charge is 0.204 e. The zero-order valence-electron chi connectivity index (χ0n) is 15.6. The Morgan fingerprint density at radius 3 is 2.00 bits per heavy atom. The number of aryl methyl sites for hydroxylation is 2. The summed E-state index contributed by atoms with van der Waals surface area (Å²) in [5.74, 6) is 0. The molecule has 2 aromatic carbocycles. The van der Waals surface area contributed by atoms with Crippen molar-refractivity contribution in [2.75, 3.05) is 0 Å². The molecule has 0 saturated heterocycles. The summed E-state index contributed by atoms with van der Waals surface area (Å²) < 4.78 is 33.2. The van der Waals surface area contributed by atoms with Crippen molar-refractivity contribution in [3.63, 3.8) is 0 Å². The molecule has 28 heavy (non-hydrogen) atoms. The van der Waals surface area contributed by atoms with E-state index in [1.807, 2.05) is 62.6 Å². The molecule has 0 aliphatic rings. The van der Waals surface area contributed by atoms with Crippen LogP contribution >= 0.6 is 0 Å². The molecule has 5 nitrogen and oxygen atoms in total. The average molecular weight is 395 g/mol. The maximum absolute atomic E-state index is 10.5. The van der Waals surface area contributed by atoms with Crippen molar-refractivity contribution in [2.24, 2.45) is 7.05 Å². The lowest BCUT2D eigenvalue weighted by atomic mass is 10.1.